The predicted octanol–water partition coefficient (Wildman–Crippen LogP) is 2.35. The molecule has 0 aromatic carbocycles. The van der Waals surface area contributed by atoms with Gasteiger partial charge in [-0.05, 0) is 43.9 Å². The number of pyridine rings is 1. The van der Waals surface area contributed by atoms with Crippen molar-refractivity contribution >= 4 is 11.9 Å². The highest BCUT2D eigenvalue weighted by Crippen LogP contribution is 2.20. The molecule has 24 heavy (non-hydrogen) atoms. The molecule has 0 bridgehead atoms. The van der Waals surface area contributed by atoms with Gasteiger partial charge in [-0.25, -0.2) is 9.97 Å². The zero-order chi connectivity index (χ0) is 16.9. The van der Waals surface area contributed by atoms with Gasteiger partial charge in [0.1, 0.15) is 5.69 Å². The second-order valence-corrected chi connectivity index (χ2v) is 6.39. The monoisotopic (exact) mass is 325 g/mol. The number of amides is 1. The summed E-state index contributed by atoms with van der Waals surface area (Å²) in [6.45, 7) is 6.41. The molecule has 1 aliphatic rings. The first kappa shape index (κ1) is 16.4. The lowest BCUT2D eigenvalue weighted by Crippen LogP contribution is -2.36. The lowest BCUT2D eigenvalue weighted by Gasteiger charge is -2.31. The van der Waals surface area contributed by atoms with Gasteiger partial charge in [-0.2, -0.15) is 0 Å². The van der Waals surface area contributed by atoms with E-state index in [9.17, 15) is 4.79 Å². The van der Waals surface area contributed by atoms with E-state index >= 15 is 0 Å². The third kappa shape index (κ3) is 4.07. The van der Waals surface area contributed by atoms with Crippen molar-refractivity contribution in [2.24, 2.45) is 5.92 Å². The molecule has 2 aromatic rings. The van der Waals surface area contributed by atoms with Crippen molar-refractivity contribution in [2.75, 3.05) is 18.0 Å². The highest BCUT2D eigenvalue weighted by Gasteiger charge is 2.20. The fourth-order valence-electron chi connectivity index (χ4n) is 2.95. The number of anilines is 1. The summed E-state index contributed by atoms with van der Waals surface area (Å²) in [6, 6.07) is 7.36. The SMILES string of the molecule is Cc1cc(C(=O)NCc2ccccn2)nc(N2CCCC(C)C2)n1. The first-order valence-electron chi connectivity index (χ1n) is 8.40. The topological polar surface area (TPSA) is 71.0 Å². The van der Waals surface area contributed by atoms with Gasteiger partial charge in [0, 0.05) is 25.0 Å². The minimum atomic E-state index is -0.197. The molecule has 1 N–H and O–H groups in total. The van der Waals surface area contributed by atoms with Crippen molar-refractivity contribution in [3.05, 3.63) is 47.5 Å². The molecule has 3 rings (SSSR count). The van der Waals surface area contributed by atoms with E-state index < -0.39 is 0 Å². The molecule has 6 heteroatoms. The van der Waals surface area contributed by atoms with Gasteiger partial charge in [-0.3, -0.25) is 9.78 Å². The molecule has 0 saturated carbocycles. The molecule has 126 valence electrons. The average molecular weight is 325 g/mol. The van der Waals surface area contributed by atoms with Crippen LogP contribution in [-0.2, 0) is 6.54 Å². The Kier molecular flexibility index (Phi) is 5.03. The fourth-order valence-corrected chi connectivity index (χ4v) is 2.95. The maximum atomic E-state index is 12.4. The Hall–Kier alpha value is -2.50. The molecule has 0 spiro atoms. The third-order valence-electron chi connectivity index (χ3n) is 4.17. The van der Waals surface area contributed by atoms with Gasteiger partial charge in [-0.1, -0.05) is 13.0 Å². The van der Waals surface area contributed by atoms with Crippen molar-refractivity contribution in [3.8, 4) is 0 Å². The summed E-state index contributed by atoms with van der Waals surface area (Å²) >= 11 is 0. The molecule has 1 saturated heterocycles. The van der Waals surface area contributed by atoms with E-state index in [2.05, 4.69) is 32.1 Å². The quantitative estimate of drug-likeness (QED) is 0.934. The normalized spacial score (nSPS) is 17.6. The highest BCUT2D eigenvalue weighted by molar-refractivity contribution is 5.92. The molecule has 1 fully saturated rings. The van der Waals surface area contributed by atoms with Crippen LogP contribution in [-0.4, -0.2) is 33.9 Å². The number of aromatic nitrogens is 3. The van der Waals surface area contributed by atoms with Crippen LogP contribution in [0.5, 0.6) is 0 Å². The molecule has 3 heterocycles. The van der Waals surface area contributed by atoms with Gasteiger partial charge in [-0.15, -0.1) is 0 Å². The Morgan fingerprint density at radius 3 is 3.00 bits per heavy atom. The molecular weight excluding hydrogens is 302 g/mol. The van der Waals surface area contributed by atoms with Crippen LogP contribution in [0.25, 0.3) is 0 Å². The molecule has 1 unspecified atom stereocenters. The van der Waals surface area contributed by atoms with Crippen LogP contribution in [0.15, 0.2) is 30.5 Å². The number of hydrogen-bond acceptors (Lipinski definition) is 5. The number of aryl methyl sites for hydroxylation is 1. The number of hydrogen-bond donors (Lipinski definition) is 1. The summed E-state index contributed by atoms with van der Waals surface area (Å²) in [7, 11) is 0. The van der Waals surface area contributed by atoms with Gasteiger partial charge >= 0.3 is 0 Å². The van der Waals surface area contributed by atoms with E-state index in [0.29, 0.717) is 24.1 Å². The summed E-state index contributed by atoms with van der Waals surface area (Å²) < 4.78 is 0. The number of rotatable bonds is 4. The summed E-state index contributed by atoms with van der Waals surface area (Å²) in [6.07, 6.45) is 4.09. The van der Waals surface area contributed by atoms with Gasteiger partial charge < -0.3 is 10.2 Å². The lowest BCUT2D eigenvalue weighted by molar-refractivity contribution is 0.0945. The zero-order valence-corrected chi connectivity index (χ0v) is 14.2. The van der Waals surface area contributed by atoms with Crippen LogP contribution >= 0.6 is 0 Å². The van der Waals surface area contributed by atoms with Gasteiger partial charge in [0.05, 0.1) is 12.2 Å². The molecule has 0 radical (unpaired) electrons. The third-order valence-corrected chi connectivity index (χ3v) is 4.17. The molecule has 6 nitrogen and oxygen atoms in total. The zero-order valence-electron chi connectivity index (χ0n) is 14.2. The Balaban J connectivity index is 1.72. The second-order valence-electron chi connectivity index (χ2n) is 6.39. The van der Waals surface area contributed by atoms with Crippen LogP contribution in [0.1, 0.15) is 41.6 Å². The lowest BCUT2D eigenvalue weighted by atomic mass is 10.0. The smallest absolute Gasteiger partial charge is 0.270 e. The van der Waals surface area contributed by atoms with Crippen LogP contribution in [0.4, 0.5) is 5.95 Å². The fraction of sp³-hybridized carbons (Fsp3) is 0.444. The van der Waals surface area contributed by atoms with Crippen LogP contribution in [0, 0.1) is 12.8 Å². The second kappa shape index (κ2) is 7.38. The number of nitrogens with zero attached hydrogens (tertiary/aromatic N) is 4. The first-order valence-corrected chi connectivity index (χ1v) is 8.40. The summed E-state index contributed by atoms with van der Waals surface area (Å²) in [5, 5.41) is 2.87. The van der Waals surface area contributed by atoms with E-state index in [1.807, 2.05) is 25.1 Å². The molecule has 1 aliphatic heterocycles. The Labute approximate surface area is 142 Å². The summed E-state index contributed by atoms with van der Waals surface area (Å²) in [4.78, 5) is 27.8. The predicted molar refractivity (Wildman–Crippen MR) is 92.8 cm³/mol. The van der Waals surface area contributed by atoms with Gasteiger partial charge in [0.25, 0.3) is 5.91 Å². The minimum absolute atomic E-state index is 0.197. The van der Waals surface area contributed by atoms with E-state index in [1.54, 1.807) is 12.3 Å². The maximum Gasteiger partial charge on any atom is 0.270 e. The van der Waals surface area contributed by atoms with Crippen LogP contribution in [0.2, 0.25) is 0 Å². The summed E-state index contributed by atoms with van der Waals surface area (Å²) in [5.41, 5.74) is 2.04. The van der Waals surface area contributed by atoms with Crippen molar-refractivity contribution in [1.82, 2.24) is 20.3 Å². The maximum absolute atomic E-state index is 12.4. The van der Waals surface area contributed by atoms with Crippen molar-refractivity contribution < 1.29 is 4.79 Å². The Morgan fingerprint density at radius 1 is 1.38 bits per heavy atom. The van der Waals surface area contributed by atoms with Crippen LogP contribution < -0.4 is 10.2 Å². The minimum Gasteiger partial charge on any atom is -0.345 e. The highest BCUT2D eigenvalue weighted by atomic mass is 16.1. The Bertz CT molecular complexity index is 704. The van der Waals surface area contributed by atoms with Crippen molar-refractivity contribution in [3.63, 3.8) is 0 Å². The molecule has 2 aromatic heterocycles. The molecule has 0 aliphatic carbocycles. The number of carbonyl (C=O) groups is 1. The molecule has 1 atom stereocenters. The van der Waals surface area contributed by atoms with Crippen molar-refractivity contribution in [2.45, 2.75) is 33.2 Å². The summed E-state index contributed by atoms with van der Waals surface area (Å²) in [5.74, 6) is 1.09. The molecular formula is C18H23N5O. The van der Waals surface area contributed by atoms with Gasteiger partial charge in [0.15, 0.2) is 0 Å². The first-order chi connectivity index (χ1) is 11.6. The van der Waals surface area contributed by atoms with Crippen LogP contribution in [0.3, 0.4) is 0 Å². The average Bonchev–Trinajstić information content (AvgIpc) is 2.60. The van der Waals surface area contributed by atoms with Crippen molar-refractivity contribution in [1.29, 1.82) is 0 Å². The van der Waals surface area contributed by atoms with E-state index in [1.165, 1.54) is 6.42 Å². The van der Waals surface area contributed by atoms with E-state index in [-0.39, 0.29) is 5.91 Å². The molecule has 1 amide bonds. The van der Waals surface area contributed by atoms with Gasteiger partial charge in [0.2, 0.25) is 5.95 Å². The van der Waals surface area contributed by atoms with E-state index in [0.717, 1.165) is 30.9 Å². The largest absolute Gasteiger partial charge is 0.345 e. The van der Waals surface area contributed by atoms with E-state index in [4.69, 9.17) is 0 Å². The standard InChI is InChI=1S/C18H23N5O/c1-13-6-5-9-23(12-13)18-21-14(2)10-16(22-18)17(24)20-11-15-7-3-4-8-19-15/h3-4,7-8,10,13H,5-6,9,11-12H2,1-2H3,(H,20,24). The Morgan fingerprint density at radius 2 is 2.25 bits per heavy atom. The number of nitrogens with one attached hydrogen (secondary N) is 1. The number of carbonyl (C=O) groups excluding carboxylic acids is 1. The number of piperidine rings is 1.